The fourth-order valence-electron chi connectivity index (χ4n) is 1.21. The van der Waals surface area contributed by atoms with E-state index in [9.17, 15) is 0 Å². The number of hydrogen-bond donors (Lipinski definition) is 0. The molecule has 0 spiro atoms. The van der Waals surface area contributed by atoms with E-state index in [2.05, 4.69) is 32.0 Å². The fraction of sp³-hybridized carbons (Fsp3) is 0.500. The van der Waals surface area contributed by atoms with Gasteiger partial charge in [0.05, 0.1) is 0 Å². The minimum Gasteiger partial charge on any atom is -0.0651 e. The molecule has 0 saturated carbocycles. The van der Waals surface area contributed by atoms with Crippen LogP contribution < -0.4 is 0 Å². The van der Waals surface area contributed by atoms with Gasteiger partial charge in [0.2, 0.25) is 0 Å². The molecule has 0 aliphatic carbocycles. The van der Waals surface area contributed by atoms with Crippen LogP contribution in [-0.4, -0.2) is 0 Å². The lowest BCUT2D eigenvalue weighted by molar-refractivity contribution is 0.516. The Hall–Kier alpha value is -0.780. The summed E-state index contributed by atoms with van der Waals surface area (Å²) >= 11 is 0. The van der Waals surface area contributed by atoms with Crippen molar-refractivity contribution in [1.82, 2.24) is 0 Å². The number of aryl methyl sites for hydroxylation is 1. The highest BCUT2D eigenvalue weighted by atomic mass is 14.0. The summed E-state index contributed by atoms with van der Waals surface area (Å²) in [5.74, 6) is 0.856. The maximum absolute atomic E-state index is 3.03. The standard InChI is InChI=1S/C12H17/c1-3-11(2)9-10-12-7-5-4-6-8-12/h5-8,11H,3,9-10H2,1-2H3. The predicted octanol–water partition coefficient (Wildman–Crippen LogP) is 3.47. The summed E-state index contributed by atoms with van der Waals surface area (Å²) in [4.78, 5) is 0. The normalized spacial score (nSPS) is 12.8. The molecule has 0 aromatic heterocycles. The first-order valence-electron chi connectivity index (χ1n) is 4.78. The third kappa shape index (κ3) is 3.08. The van der Waals surface area contributed by atoms with E-state index in [-0.39, 0.29) is 0 Å². The molecule has 1 aromatic rings. The van der Waals surface area contributed by atoms with Crippen LogP contribution in [0.1, 0.15) is 32.3 Å². The van der Waals surface area contributed by atoms with E-state index in [1.807, 2.05) is 12.1 Å². The second-order valence-electron chi connectivity index (χ2n) is 3.46. The molecule has 12 heavy (non-hydrogen) atoms. The van der Waals surface area contributed by atoms with Crippen molar-refractivity contribution < 1.29 is 0 Å². The fourth-order valence-corrected chi connectivity index (χ4v) is 1.21. The highest BCUT2D eigenvalue weighted by Gasteiger charge is 1.98. The molecule has 0 nitrogen and oxygen atoms in total. The molecule has 1 radical (unpaired) electrons. The SMILES string of the molecule is CCC(C)CCc1cc[c]cc1. The molecule has 1 rings (SSSR count). The highest BCUT2D eigenvalue weighted by Crippen LogP contribution is 2.11. The van der Waals surface area contributed by atoms with Crippen LogP contribution in [0.2, 0.25) is 0 Å². The molecule has 1 unspecified atom stereocenters. The Kier molecular flexibility index (Phi) is 3.86. The summed E-state index contributed by atoms with van der Waals surface area (Å²) in [6.07, 6.45) is 3.81. The van der Waals surface area contributed by atoms with Gasteiger partial charge in [-0.2, -0.15) is 0 Å². The van der Waals surface area contributed by atoms with E-state index in [4.69, 9.17) is 0 Å². The average Bonchev–Trinajstić information content (AvgIpc) is 2.16. The highest BCUT2D eigenvalue weighted by molar-refractivity contribution is 5.13. The molecule has 65 valence electrons. The third-order valence-corrected chi connectivity index (χ3v) is 2.41. The Labute approximate surface area is 75.6 Å². The maximum Gasteiger partial charge on any atom is -0.0184 e. The Morgan fingerprint density at radius 1 is 1.33 bits per heavy atom. The Morgan fingerprint density at radius 3 is 2.58 bits per heavy atom. The lowest BCUT2D eigenvalue weighted by Crippen LogP contribution is -1.94. The maximum atomic E-state index is 3.03. The van der Waals surface area contributed by atoms with E-state index in [1.165, 1.54) is 24.8 Å². The van der Waals surface area contributed by atoms with Crippen LogP contribution in [-0.2, 0) is 6.42 Å². The first-order chi connectivity index (χ1) is 5.83. The summed E-state index contributed by atoms with van der Waals surface area (Å²) in [5.41, 5.74) is 1.44. The van der Waals surface area contributed by atoms with E-state index in [0.717, 1.165) is 5.92 Å². The lowest BCUT2D eigenvalue weighted by atomic mass is 9.99. The van der Waals surface area contributed by atoms with Crippen molar-refractivity contribution in [3.05, 3.63) is 35.9 Å². The lowest BCUT2D eigenvalue weighted by Gasteiger charge is -2.07. The smallest absolute Gasteiger partial charge is 0.0184 e. The molecule has 0 aliphatic rings. The zero-order valence-corrected chi connectivity index (χ0v) is 8.01. The van der Waals surface area contributed by atoms with Crippen LogP contribution >= 0.6 is 0 Å². The molecule has 0 aliphatic heterocycles. The van der Waals surface area contributed by atoms with E-state index in [1.54, 1.807) is 0 Å². The van der Waals surface area contributed by atoms with E-state index < -0.39 is 0 Å². The zero-order chi connectivity index (χ0) is 8.81. The van der Waals surface area contributed by atoms with Crippen LogP contribution in [0.5, 0.6) is 0 Å². The van der Waals surface area contributed by atoms with E-state index in [0.29, 0.717) is 0 Å². The molecule has 1 atom stereocenters. The molecule has 0 bridgehead atoms. The Balaban J connectivity index is 2.33. The number of rotatable bonds is 4. The summed E-state index contributed by atoms with van der Waals surface area (Å²) in [5, 5.41) is 0. The predicted molar refractivity (Wildman–Crippen MR) is 53.1 cm³/mol. The average molecular weight is 161 g/mol. The molecule has 0 fully saturated rings. The molecular formula is C12H17. The number of benzene rings is 1. The van der Waals surface area contributed by atoms with Gasteiger partial charge in [-0.15, -0.1) is 0 Å². The first kappa shape index (κ1) is 9.31. The van der Waals surface area contributed by atoms with Gasteiger partial charge in [-0.3, -0.25) is 0 Å². The van der Waals surface area contributed by atoms with Crippen molar-refractivity contribution in [2.45, 2.75) is 33.1 Å². The van der Waals surface area contributed by atoms with Crippen molar-refractivity contribution >= 4 is 0 Å². The molecular weight excluding hydrogens is 144 g/mol. The molecule has 0 saturated heterocycles. The molecule has 1 aromatic carbocycles. The summed E-state index contributed by atoms with van der Waals surface area (Å²) < 4.78 is 0. The first-order valence-corrected chi connectivity index (χ1v) is 4.78. The minimum absolute atomic E-state index is 0.856. The van der Waals surface area contributed by atoms with Crippen molar-refractivity contribution in [1.29, 1.82) is 0 Å². The van der Waals surface area contributed by atoms with Gasteiger partial charge in [0.25, 0.3) is 0 Å². The molecule has 0 heterocycles. The van der Waals surface area contributed by atoms with Gasteiger partial charge in [0.15, 0.2) is 0 Å². The van der Waals surface area contributed by atoms with Gasteiger partial charge < -0.3 is 0 Å². The second-order valence-corrected chi connectivity index (χ2v) is 3.46. The van der Waals surface area contributed by atoms with Crippen molar-refractivity contribution in [2.24, 2.45) is 5.92 Å². The van der Waals surface area contributed by atoms with Crippen molar-refractivity contribution in [2.75, 3.05) is 0 Å². The monoisotopic (exact) mass is 161 g/mol. The van der Waals surface area contributed by atoms with Crippen LogP contribution in [0, 0.1) is 12.0 Å². The van der Waals surface area contributed by atoms with E-state index >= 15 is 0 Å². The Bertz CT molecular complexity index is 201. The summed E-state index contributed by atoms with van der Waals surface area (Å²) in [7, 11) is 0. The van der Waals surface area contributed by atoms with Gasteiger partial charge in [-0.25, -0.2) is 0 Å². The van der Waals surface area contributed by atoms with Crippen LogP contribution in [0.15, 0.2) is 24.3 Å². The van der Waals surface area contributed by atoms with Crippen molar-refractivity contribution in [3.8, 4) is 0 Å². The second kappa shape index (κ2) is 4.97. The molecule has 0 N–H and O–H groups in total. The topological polar surface area (TPSA) is 0 Å². The van der Waals surface area contributed by atoms with Gasteiger partial charge in [0.1, 0.15) is 0 Å². The largest absolute Gasteiger partial charge is 0.0651 e. The minimum atomic E-state index is 0.856. The van der Waals surface area contributed by atoms with Crippen LogP contribution in [0.25, 0.3) is 0 Å². The van der Waals surface area contributed by atoms with Gasteiger partial charge in [0, 0.05) is 0 Å². The third-order valence-electron chi connectivity index (χ3n) is 2.41. The molecule has 0 heteroatoms. The summed E-state index contributed by atoms with van der Waals surface area (Å²) in [6.45, 7) is 4.57. The Morgan fingerprint density at radius 2 is 2.00 bits per heavy atom. The zero-order valence-electron chi connectivity index (χ0n) is 8.01. The quantitative estimate of drug-likeness (QED) is 0.634. The molecule has 0 amide bonds. The van der Waals surface area contributed by atoms with Gasteiger partial charge in [-0.1, -0.05) is 44.5 Å². The van der Waals surface area contributed by atoms with Gasteiger partial charge >= 0.3 is 0 Å². The van der Waals surface area contributed by atoms with Crippen LogP contribution in [0.4, 0.5) is 0 Å². The van der Waals surface area contributed by atoms with Crippen molar-refractivity contribution in [3.63, 3.8) is 0 Å². The van der Waals surface area contributed by atoms with Gasteiger partial charge in [-0.05, 0) is 30.4 Å². The summed E-state index contributed by atoms with van der Waals surface area (Å²) in [6, 6.07) is 11.3. The number of hydrogen-bond acceptors (Lipinski definition) is 0. The van der Waals surface area contributed by atoms with Crippen LogP contribution in [0.3, 0.4) is 0 Å².